The summed E-state index contributed by atoms with van der Waals surface area (Å²) < 4.78 is 5.36. The number of hydrogen-bond donors (Lipinski definition) is 3. The van der Waals surface area contributed by atoms with Crippen molar-refractivity contribution in [2.75, 3.05) is 7.11 Å². The van der Waals surface area contributed by atoms with Crippen molar-refractivity contribution < 1.29 is 19.7 Å². The predicted octanol–water partition coefficient (Wildman–Crippen LogP) is 1.64. The summed E-state index contributed by atoms with van der Waals surface area (Å²) in [5.41, 5.74) is 6.29. The van der Waals surface area contributed by atoms with Crippen LogP contribution in [0, 0.1) is 0 Å². The fourth-order valence-electron chi connectivity index (χ4n) is 1.27. The van der Waals surface area contributed by atoms with Crippen LogP contribution in [-0.4, -0.2) is 23.3 Å². The first kappa shape index (κ1) is 12.8. The number of hydrogen-bond acceptors (Lipinski definition) is 4. The Labute approximate surface area is 101 Å². The third-order valence-electron chi connectivity index (χ3n) is 2.09. The number of phenolic OH excluding ortho intramolecular Hbond substituents is 1. The monoisotopic (exact) mass is 289 g/mol. The summed E-state index contributed by atoms with van der Waals surface area (Å²) in [5, 5.41) is 18.2. The smallest absolute Gasteiger partial charge is 0.305 e. The van der Waals surface area contributed by atoms with Crippen molar-refractivity contribution in [2.24, 2.45) is 5.73 Å². The van der Waals surface area contributed by atoms with Crippen LogP contribution in [0.3, 0.4) is 0 Å². The molecule has 1 unspecified atom stereocenters. The summed E-state index contributed by atoms with van der Waals surface area (Å²) in [7, 11) is 1.41. The Morgan fingerprint density at radius 3 is 2.75 bits per heavy atom. The topological polar surface area (TPSA) is 92.8 Å². The summed E-state index contributed by atoms with van der Waals surface area (Å²) in [6.07, 6.45) is -0.180. The van der Waals surface area contributed by atoms with Crippen LogP contribution >= 0.6 is 15.9 Å². The standard InChI is InChI=1S/C10H12BrNO4/c1-16-8-3-5(2-6(11)10(8)15)7(12)4-9(13)14/h2-3,7,15H,4,12H2,1H3,(H,13,14). The van der Waals surface area contributed by atoms with Crippen LogP contribution in [0.15, 0.2) is 16.6 Å². The maximum absolute atomic E-state index is 10.5. The second kappa shape index (κ2) is 5.18. The van der Waals surface area contributed by atoms with Gasteiger partial charge in [-0.15, -0.1) is 0 Å². The van der Waals surface area contributed by atoms with E-state index in [0.29, 0.717) is 10.0 Å². The lowest BCUT2D eigenvalue weighted by Crippen LogP contribution is -2.15. The molecule has 0 spiro atoms. The zero-order chi connectivity index (χ0) is 12.3. The minimum absolute atomic E-state index is 0.0335. The highest BCUT2D eigenvalue weighted by Crippen LogP contribution is 2.36. The van der Waals surface area contributed by atoms with E-state index in [-0.39, 0.29) is 17.9 Å². The molecule has 0 saturated carbocycles. The maximum atomic E-state index is 10.5. The Balaban J connectivity index is 3.05. The number of aliphatic carboxylic acids is 1. The van der Waals surface area contributed by atoms with E-state index in [9.17, 15) is 9.90 Å². The first-order valence-corrected chi connectivity index (χ1v) is 5.28. The van der Waals surface area contributed by atoms with Crippen molar-refractivity contribution in [2.45, 2.75) is 12.5 Å². The molecule has 88 valence electrons. The Hall–Kier alpha value is -1.27. The second-order valence-electron chi connectivity index (χ2n) is 3.26. The molecule has 0 amide bonds. The van der Waals surface area contributed by atoms with Gasteiger partial charge in [0.15, 0.2) is 11.5 Å². The molecule has 5 nitrogen and oxygen atoms in total. The number of benzene rings is 1. The van der Waals surface area contributed by atoms with E-state index in [1.807, 2.05) is 0 Å². The number of methoxy groups -OCH3 is 1. The van der Waals surface area contributed by atoms with Crippen molar-refractivity contribution in [3.63, 3.8) is 0 Å². The molecule has 0 saturated heterocycles. The predicted molar refractivity (Wildman–Crippen MR) is 61.5 cm³/mol. The van der Waals surface area contributed by atoms with Crippen LogP contribution in [0.25, 0.3) is 0 Å². The van der Waals surface area contributed by atoms with Crippen LogP contribution in [0.5, 0.6) is 11.5 Å². The SMILES string of the molecule is COc1cc(C(N)CC(=O)O)cc(Br)c1O. The number of ether oxygens (including phenoxy) is 1. The zero-order valence-corrected chi connectivity index (χ0v) is 10.2. The Morgan fingerprint density at radius 1 is 1.62 bits per heavy atom. The first-order chi connectivity index (χ1) is 7.45. The van der Waals surface area contributed by atoms with Gasteiger partial charge in [0.25, 0.3) is 0 Å². The third-order valence-corrected chi connectivity index (χ3v) is 2.70. The lowest BCUT2D eigenvalue weighted by Gasteiger charge is -2.13. The van der Waals surface area contributed by atoms with E-state index in [4.69, 9.17) is 15.6 Å². The van der Waals surface area contributed by atoms with Gasteiger partial charge < -0.3 is 20.7 Å². The number of phenols is 1. The lowest BCUT2D eigenvalue weighted by molar-refractivity contribution is -0.137. The molecular formula is C10H12BrNO4. The van der Waals surface area contributed by atoms with E-state index < -0.39 is 12.0 Å². The molecular weight excluding hydrogens is 278 g/mol. The first-order valence-electron chi connectivity index (χ1n) is 4.49. The van der Waals surface area contributed by atoms with E-state index in [1.54, 1.807) is 6.07 Å². The van der Waals surface area contributed by atoms with Gasteiger partial charge in [-0.05, 0) is 33.6 Å². The summed E-state index contributed by atoms with van der Waals surface area (Å²) in [6, 6.07) is 2.46. The van der Waals surface area contributed by atoms with Gasteiger partial charge in [0, 0.05) is 6.04 Å². The molecule has 1 aromatic rings. The second-order valence-corrected chi connectivity index (χ2v) is 4.11. The molecule has 1 aromatic carbocycles. The molecule has 0 heterocycles. The van der Waals surface area contributed by atoms with Crippen molar-refractivity contribution in [1.29, 1.82) is 0 Å². The van der Waals surface area contributed by atoms with E-state index in [0.717, 1.165) is 0 Å². The number of carboxylic acids is 1. The summed E-state index contributed by atoms with van der Waals surface area (Å²) >= 11 is 3.14. The molecule has 0 fully saturated rings. The van der Waals surface area contributed by atoms with E-state index in [1.165, 1.54) is 13.2 Å². The summed E-state index contributed by atoms with van der Waals surface area (Å²) in [4.78, 5) is 10.5. The summed E-state index contributed by atoms with van der Waals surface area (Å²) in [6.45, 7) is 0. The van der Waals surface area contributed by atoms with Gasteiger partial charge in [-0.25, -0.2) is 0 Å². The zero-order valence-electron chi connectivity index (χ0n) is 8.61. The van der Waals surface area contributed by atoms with Gasteiger partial charge >= 0.3 is 5.97 Å². The molecule has 0 aliphatic carbocycles. The third kappa shape index (κ3) is 2.86. The van der Waals surface area contributed by atoms with Gasteiger partial charge in [0.1, 0.15) is 0 Å². The Morgan fingerprint density at radius 2 is 2.25 bits per heavy atom. The number of aromatic hydroxyl groups is 1. The molecule has 0 aliphatic heterocycles. The Bertz CT molecular complexity index is 408. The molecule has 0 aliphatic rings. The van der Waals surface area contributed by atoms with Gasteiger partial charge in [-0.1, -0.05) is 0 Å². The molecule has 4 N–H and O–H groups in total. The number of nitrogens with two attached hydrogens (primary N) is 1. The minimum atomic E-state index is -0.976. The molecule has 6 heteroatoms. The van der Waals surface area contributed by atoms with Gasteiger partial charge in [-0.2, -0.15) is 0 Å². The molecule has 0 radical (unpaired) electrons. The number of rotatable bonds is 4. The highest BCUT2D eigenvalue weighted by molar-refractivity contribution is 9.10. The Kier molecular flexibility index (Phi) is 4.14. The number of halogens is 1. The van der Waals surface area contributed by atoms with Gasteiger partial charge in [0.2, 0.25) is 0 Å². The number of carboxylic acid groups (broad SMARTS) is 1. The van der Waals surface area contributed by atoms with Crippen molar-refractivity contribution >= 4 is 21.9 Å². The quantitative estimate of drug-likeness (QED) is 0.784. The number of carbonyl (C=O) groups is 1. The van der Waals surface area contributed by atoms with Crippen LogP contribution in [0.4, 0.5) is 0 Å². The normalized spacial score (nSPS) is 12.2. The van der Waals surface area contributed by atoms with Gasteiger partial charge in [-0.3, -0.25) is 4.79 Å². The average Bonchev–Trinajstić information content (AvgIpc) is 2.20. The average molecular weight is 290 g/mol. The fourth-order valence-corrected chi connectivity index (χ4v) is 1.73. The molecule has 1 atom stereocenters. The van der Waals surface area contributed by atoms with Crippen LogP contribution in [0.1, 0.15) is 18.0 Å². The fraction of sp³-hybridized carbons (Fsp3) is 0.300. The molecule has 1 rings (SSSR count). The maximum Gasteiger partial charge on any atom is 0.305 e. The van der Waals surface area contributed by atoms with Crippen LogP contribution in [0.2, 0.25) is 0 Å². The van der Waals surface area contributed by atoms with Gasteiger partial charge in [0.05, 0.1) is 18.0 Å². The molecule has 16 heavy (non-hydrogen) atoms. The minimum Gasteiger partial charge on any atom is -0.503 e. The highest BCUT2D eigenvalue weighted by atomic mass is 79.9. The lowest BCUT2D eigenvalue weighted by atomic mass is 10.0. The van der Waals surface area contributed by atoms with E-state index >= 15 is 0 Å². The van der Waals surface area contributed by atoms with Crippen molar-refractivity contribution in [1.82, 2.24) is 0 Å². The summed E-state index contributed by atoms with van der Waals surface area (Å²) in [5.74, 6) is -0.755. The van der Waals surface area contributed by atoms with Crippen LogP contribution < -0.4 is 10.5 Å². The van der Waals surface area contributed by atoms with Crippen molar-refractivity contribution in [3.8, 4) is 11.5 Å². The van der Waals surface area contributed by atoms with E-state index in [2.05, 4.69) is 15.9 Å². The largest absolute Gasteiger partial charge is 0.503 e. The van der Waals surface area contributed by atoms with Crippen molar-refractivity contribution in [3.05, 3.63) is 22.2 Å². The van der Waals surface area contributed by atoms with Crippen LogP contribution in [-0.2, 0) is 4.79 Å². The molecule has 0 bridgehead atoms. The highest BCUT2D eigenvalue weighted by Gasteiger charge is 2.15. The molecule has 0 aromatic heterocycles.